The van der Waals surface area contributed by atoms with Gasteiger partial charge in [0.15, 0.2) is 5.58 Å². The van der Waals surface area contributed by atoms with Crippen LogP contribution in [0.1, 0.15) is 42.9 Å². The zero-order chi connectivity index (χ0) is 19.8. The molecule has 0 bridgehead atoms. The number of nitrogens with zero attached hydrogens (tertiary/aromatic N) is 2. The van der Waals surface area contributed by atoms with Crippen LogP contribution in [0.4, 0.5) is 6.01 Å². The Kier molecular flexibility index (Phi) is 4.74. The summed E-state index contributed by atoms with van der Waals surface area (Å²) in [5, 5.41) is 3.36. The third-order valence-corrected chi connectivity index (χ3v) is 6.25. The molecule has 0 spiro atoms. The number of nitrogens with one attached hydrogen (secondary N) is 1. The van der Waals surface area contributed by atoms with Gasteiger partial charge in [0.2, 0.25) is 5.91 Å². The van der Waals surface area contributed by atoms with Crippen molar-refractivity contribution < 1.29 is 9.21 Å². The number of rotatable bonds is 5. The van der Waals surface area contributed by atoms with E-state index >= 15 is 0 Å². The van der Waals surface area contributed by atoms with Crippen LogP contribution < -0.4 is 10.2 Å². The maximum absolute atomic E-state index is 13.0. The van der Waals surface area contributed by atoms with Gasteiger partial charge in [-0.3, -0.25) is 4.79 Å². The minimum absolute atomic E-state index is 0.0577. The van der Waals surface area contributed by atoms with Gasteiger partial charge in [0, 0.05) is 19.0 Å². The van der Waals surface area contributed by atoms with E-state index in [1.165, 1.54) is 24.0 Å². The van der Waals surface area contributed by atoms with Gasteiger partial charge < -0.3 is 14.6 Å². The van der Waals surface area contributed by atoms with Crippen LogP contribution in [-0.2, 0) is 4.79 Å². The smallest absolute Gasteiger partial charge is 0.298 e. The van der Waals surface area contributed by atoms with Crippen LogP contribution in [-0.4, -0.2) is 24.0 Å². The molecule has 1 aliphatic carbocycles. The SMILES string of the molecule is Cc1ccc(C(NC(=O)C2CCN(c3nc4ccccc4o3)CC2)C2CC2)cc1. The first kappa shape index (κ1) is 18.2. The van der Waals surface area contributed by atoms with Crippen LogP contribution >= 0.6 is 0 Å². The third kappa shape index (κ3) is 3.86. The summed E-state index contributed by atoms with van der Waals surface area (Å²) in [5.41, 5.74) is 4.18. The molecule has 1 saturated carbocycles. The number of aromatic nitrogens is 1. The molecule has 1 saturated heterocycles. The molecular weight excluding hydrogens is 362 g/mol. The Labute approximate surface area is 171 Å². The number of carbonyl (C=O) groups is 1. The Morgan fingerprint density at radius 1 is 1.07 bits per heavy atom. The lowest BCUT2D eigenvalue weighted by Crippen LogP contribution is -2.42. The standard InChI is InChI=1S/C24H27N3O2/c1-16-6-8-17(9-7-16)22(18-10-11-18)26-23(28)19-12-14-27(15-13-19)24-25-20-4-2-3-5-21(20)29-24/h2-9,18-19,22H,10-15H2,1H3,(H,26,28). The number of benzene rings is 2. The molecule has 5 nitrogen and oxygen atoms in total. The van der Waals surface area contributed by atoms with Crippen molar-refractivity contribution >= 4 is 23.0 Å². The monoisotopic (exact) mass is 389 g/mol. The Morgan fingerprint density at radius 2 is 1.79 bits per heavy atom. The number of oxazole rings is 1. The van der Waals surface area contributed by atoms with Crippen LogP contribution in [0.25, 0.3) is 11.1 Å². The highest BCUT2D eigenvalue weighted by molar-refractivity contribution is 5.79. The van der Waals surface area contributed by atoms with E-state index in [4.69, 9.17) is 4.42 Å². The molecule has 150 valence electrons. The van der Waals surface area contributed by atoms with Gasteiger partial charge in [-0.05, 0) is 56.2 Å². The van der Waals surface area contributed by atoms with Gasteiger partial charge in [-0.25, -0.2) is 0 Å². The van der Waals surface area contributed by atoms with E-state index in [2.05, 4.69) is 46.4 Å². The number of piperidine rings is 1. The van der Waals surface area contributed by atoms with Gasteiger partial charge in [0.05, 0.1) is 6.04 Å². The molecule has 1 amide bonds. The van der Waals surface area contributed by atoms with Crippen molar-refractivity contribution in [3.05, 3.63) is 59.7 Å². The number of hydrogen-bond acceptors (Lipinski definition) is 4. The van der Waals surface area contributed by atoms with Crippen molar-refractivity contribution in [3.8, 4) is 0 Å². The first-order valence-corrected chi connectivity index (χ1v) is 10.6. The normalized spacial score (nSPS) is 18.7. The predicted molar refractivity (Wildman–Crippen MR) is 114 cm³/mol. The summed E-state index contributed by atoms with van der Waals surface area (Å²) < 4.78 is 5.89. The molecule has 5 heteroatoms. The summed E-state index contributed by atoms with van der Waals surface area (Å²) in [4.78, 5) is 19.7. The molecule has 1 aliphatic heterocycles. The molecule has 5 rings (SSSR count). The van der Waals surface area contributed by atoms with E-state index in [-0.39, 0.29) is 17.9 Å². The average Bonchev–Trinajstić information content (AvgIpc) is 3.50. The fourth-order valence-corrected chi connectivity index (χ4v) is 4.28. The molecule has 1 N–H and O–H groups in total. The molecule has 1 atom stereocenters. The molecule has 1 unspecified atom stereocenters. The number of carbonyl (C=O) groups excluding carboxylic acids is 1. The van der Waals surface area contributed by atoms with Crippen molar-refractivity contribution in [1.82, 2.24) is 10.3 Å². The molecular formula is C24H27N3O2. The molecule has 2 heterocycles. The van der Waals surface area contributed by atoms with Crippen molar-refractivity contribution in [2.45, 2.75) is 38.6 Å². The van der Waals surface area contributed by atoms with Gasteiger partial charge in [-0.2, -0.15) is 4.98 Å². The molecule has 0 radical (unpaired) electrons. The number of aryl methyl sites for hydroxylation is 1. The Morgan fingerprint density at radius 3 is 2.48 bits per heavy atom. The second-order valence-electron chi connectivity index (χ2n) is 8.46. The number of fused-ring (bicyclic) bond motifs is 1. The van der Waals surface area contributed by atoms with E-state index < -0.39 is 0 Å². The zero-order valence-corrected chi connectivity index (χ0v) is 16.8. The molecule has 1 aromatic heterocycles. The van der Waals surface area contributed by atoms with Crippen molar-refractivity contribution in [1.29, 1.82) is 0 Å². The van der Waals surface area contributed by atoms with Gasteiger partial charge in [-0.15, -0.1) is 0 Å². The van der Waals surface area contributed by atoms with Gasteiger partial charge in [-0.1, -0.05) is 42.0 Å². The van der Waals surface area contributed by atoms with E-state index in [0.29, 0.717) is 11.9 Å². The van der Waals surface area contributed by atoms with Crippen molar-refractivity contribution in [2.24, 2.45) is 11.8 Å². The minimum Gasteiger partial charge on any atom is -0.423 e. The van der Waals surface area contributed by atoms with E-state index in [9.17, 15) is 4.79 Å². The number of amides is 1. The quantitative estimate of drug-likeness (QED) is 0.692. The third-order valence-electron chi connectivity index (χ3n) is 6.25. The fraction of sp³-hybridized carbons (Fsp3) is 0.417. The van der Waals surface area contributed by atoms with E-state index in [0.717, 1.165) is 37.0 Å². The minimum atomic E-state index is 0.0577. The Hall–Kier alpha value is -2.82. The lowest BCUT2D eigenvalue weighted by atomic mass is 9.94. The average molecular weight is 389 g/mol. The van der Waals surface area contributed by atoms with Crippen LogP contribution in [0.3, 0.4) is 0 Å². The van der Waals surface area contributed by atoms with Crippen molar-refractivity contribution in [2.75, 3.05) is 18.0 Å². The van der Waals surface area contributed by atoms with Gasteiger partial charge in [0.1, 0.15) is 5.52 Å². The maximum atomic E-state index is 13.0. The highest BCUT2D eigenvalue weighted by Gasteiger charge is 2.35. The summed E-state index contributed by atoms with van der Waals surface area (Å²) in [6, 6.07) is 17.2. The highest BCUT2D eigenvalue weighted by atomic mass is 16.4. The highest BCUT2D eigenvalue weighted by Crippen LogP contribution is 2.41. The summed E-state index contributed by atoms with van der Waals surface area (Å²) in [7, 11) is 0. The molecule has 3 aromatic rings. The molecule has 29 heavy (non-hydrogen) atoms. The zero-order valence-electron chi connectivity index (χ0n) is 16.8. The van der Waals surface area contributed by atoms with Gasteiger partial charge >= 0.3 is 0 Å². The fourth-order valence-electron chi connectivity index (χ4n) is 4.28. The molecule has 2 aliphatic rings. The second kappa shape index (κ2) is 7.54. The van der Waals surface area contributed by atoms with Crippen LogP contribution in [0.2, 0.25) is 0 Å². The Balaban J connectivity index is 1.22. The lowest BCUT2D eigenvalue weighted by Gasteiger charge is -2.31. The number of hydrogen-bond donors (Lipinski definition) is 1. The topological polar surface area (TPSA) is 58.4 Å². The summed E-state index contributed by atoms with van der Waals surface area (Å²) in [5.74, 6) is 0.837. The predicted octanol–water partition coefficient (Wildman–Crippen LogP) is 4.62. The molecule has 2 aromatic carbocycles. The van der Waals surface area contributed by atoms with Gasteiger partial charge in [0.25, 0.3) is 6.01 Å². The maximum Gasteiger partial charge on any atom is 0.298 e. The van der Waals surface area contributed by atoms with Crippen LogP contribution in [0, 0.1) is 18.8 Å². The van der Waals surface area contributed by atoms with Crippen LogP contribution in [0.15, 0.2) is 52.9 Å². The second-order valence-corrected chi connectivity index (χ2v) is 8.46. The van der Waals surface area contributed by atoms with Crippen LogP contribution in [0.5, 0.6) is 0 Å². The van der Waals surface area contributed by atoms with E-state index in [1.807, 2.05) is 24.3 Å². The summed E-state index contributed by atoms with van der Waals surface area (Å²) in [6.45, 7) is 3.69. The summed E-state index contributed by atoms with van der Waals surface area (Å²) >= 11 is 0. The largest absolute Gasteiger partial charge is 0.423 e. The Bertz CT molecular complexity index is 965. The summed E-state index contributed by atoms with van der Waals surface area (Å²) in [6.07, 6.45) is 4.07. The first-order chi connectivity index (χ1) is 14.2. The number of para-hydroxylation sites is 2. The van der Waals surface area contributed by atoms with E-state index in [1.54, 1.807) is 0 Å². The first-order valence-electron chi connectivity index (χ1n) is 10.6. The van der Waals surface area contributed by atoms with Crippen molar-refractivity contribution in [3.63, 3.8) is 0 Å². The number of anilines is 1. The molecule has 2 fully saturated rings. The lowest BCUT2D eigenvalue weighted by molar-refractivity contribution is -0.126.